The highest BCUT2D eigenvalue weighted by Crippen LogP contribution is 2.39. The number of hydrogen-bond acceptors (Lipinski definition) is 5. The van der Waals surface area contributed by atoms with Gasteiger partial charge in [0, 0.05) is 18.2 Å². The van der Waals surface area contributed by atoms with E-state index in [0.717, 1.165) is 5.56 Å². The third-order valence-electron chi connectivity index (χ3n) is 5.43. The summed E-state index contributed by atoms with van der Waals surface area (Å²) < 4.78 is 11.6. The number of aromatic hydroxyl groups is 1. The summed E-state index contributed by atoms with van der Waals surface area (Å²) in [5, 5.41) is 10.8. The standard InChI is InChI=1S/C24H24ClNO5/c1-13(2)30-9-5-8-26-21(15-6-4-7-16(27)11-15)20-22(28)17-12-18(25)14(3)10-19(17)31-23(20)24(26)29/h4,6-7,10-13,21,27H,5,8-9H2,1-3H3/t21-/m0/s1. The molecule has 0 bridgehead atoms. The summed E-state index contributed by atoms with van der Waals surface area (Å²) in [5.41, 5.74) is 1.71. The average Bonchev–Trinajstić information content (AvgIpc) is 2.99. The molecule has 1 amide bonds. The Bertz CT molecular complexity index is 1220. The molecular weight excluding hydrogens is 418 g/mol. The number of benzene rings is 2. The number of nitrogens with zero attached hydrogens (tertiary/aromatic N) is 1. The van der Waals surface area contributed by atoms with Crippen LogP contribution in [0.1, 0.15) is 53.6 Å². The molecule has 3 aromatic rings. The molecule has 0 fully saturated rings. The molecule has 2 aromatic carbocycles. The van der Waals surface area contributed by atoms with Crippen LogP contribution in [-0.2, 0) is 4.74 Å². The number of hydrogen-bond donors (Lipinski definition) is 1. The SMILES string of the molecule is Cc1cc2oc3c(c(=O)c2cc1Cl)[C@H](c1cccc(O)c1)N(CCCOC(C)C)C3=O. The van der Waals surface area contributed by atoms with Crippen LogP contribution in [0.3, 0.4) is 0 Å². The minimum Gasteiger partial charge on any atom is -0.508 e. The van der Waals surface area contributed by atoms with Crippen LogP contribution in [0.4, 0.5) is 0 Å². The Balaban J connectivity index is 1.85. The van der Waals surface area contributed by atoms with E-state index in [4.69, 9.17) is 20.8 Å². The Kier molecular flexibility index (Phi) is 5.77. The number of carbonyl (C=O) groups excluding carboxylic acids is 1. The largest absolute Gasteiger partial charge is 0.508 e. The molecule has 0 aliphatic carbocycles. The van der Waals surface area contributed by atoms with Crippen LogP contribution in [0.5, 0.6) is 5.75 Å². The van der Waals surface area contributed by atoms with E-state index in [1.807, 2.05) is 20.8 Å². The fourth-order valence-corrected chi connectivity index (χ4v) is 4.13. The van der Waals surface area contributed by atoms with Gasteiger partial charge in [-0.2, -0.15) is 0 Å². The summed E-state index contributed by atoms with van der Waals surface area (Å²) in [6.45, 7) is 6.59. The van der Waals surface area contributed by atoms with Crippen molar-refractivity contribution in [3.8, 4) is 5.75 Å². The molecule has 1 aliphatic rings. The van der Waals surface area contributed by atoms with E-state index in [-0.39, 0.29) is 34.5 Å². The highest BCUT2D eigenvalue weighted by Gasteiger charge is 2.42. The van der Waals surface area contributed by atoms with Crippen molar-refractivity contribution < 1.29 is 19.1 Å². The number of halogens is 1. The van der Waals surface area contributed by atoms with Gasteiger partial charge < -0.3 is 19.2 Å². The molecule has 1 aromatic heterocycles. The fourth-order valence-electron chi connectivity index (χ4n) is 3.97. The monoisotopic (exact) mass is 441 g/mol. The number of phenols is 1. The van der Waals surface area contributed by atoms with E-state index in [1.165, 1.54) is 0 Å². The lowest BCUT2D eigenvalue weighted by Gasteiger charge is -2.25. The second-order valence-corrected chi connectivity index (χ2v) is 8.45. The molecule has 7 heteroatoms. The first-order valence-electron chi connectivity index (χ1n) is 10.3. The van der Waals surface area contributed by atoms with Crippen LogP contribution in [0.2, 0.25) is 5.02 Å². The quantitative estimate of drug-likeness (QED) is 0.554. The first-order valence-corrected chi connectivity index (χ1v) is 10.6. The van der Waals surface area contributed by atoms with Gasteiger partial charge in [-0.3, -0.25) is 9.59 Å². The lowest BCUT2D eigenvalue weighted by molar-refractivity contribution is 0.0593. The van der Waals surface area contributed by atoms with Gasteiger partial charge in [0.15, 0.2) is 5.43 Å². The smallest absolute Gasteiger partial charge is 0.290 e. The number of carbonyl (C=O) groups is 1. The topological polar surface area (TPSA) is 80.0 Å². The van der Waals surface area contributed by atoms with E-state index >= 15 is 0 Å². The zero-order valence-electron chi connectivity index (χ0n) is 17.6. The number of fused-ring (bicyclic) bond motifs is 2. The molecular formula is C24H24ClNO5. The van der Waals surface area contributed by atoms with Crippen LogP contribution in [0, 0.1) is 6.92 Å². The first kappa shape index (κ1) is 21.4. The molecule has 2 heterocycles. The first-order chi connectivity index (χ1) is 14.8. The van der Waals surface area contributed by atoms with Gasteiger partial charge in [0.05, 0.1) is 23.1 Å². The Morgan fingerprint density at radius 2 is 2.00 bits per heavy atom. The zero-order chi connectivity index (χ0) is 22.3. The van der Waals surface area contributed by atoms with E-state index in [0.29, 0.717) is 41.1 Å². The molecule has 0 spiro atoms. The number of amides is 1. The summed E-state index contributed by atoms with van der Waals surface area (Å²) in [7, 11) is 0. The Labute approximate surface area is 185 Å². The predicted octanol–water partition coefficient (Wildman–Crippen LogP) is 4.82. The normalized spacial score (nSPS) is 15.8. The number of aryl methyl sites for hydroxylation is 1. The molecule has 4 rings (SSSR count). The van der Waals surface area contributed by atoms with Crippen LogP contribution < -0.4 is 5.43 Å². The summed E-state index contributed by atoms with van der Waals surface area (Å²) in [6.07, 6.45) is 0.696. The van der Waals surface area contributed by atoms with Gasteiger partial charge in [-0.15, -0.1) is 0 Å². The molecule has 1 aliphatic heterocycles. The maximum Gasteiger partial charge on any atom is 0.290 e. The number of phenolic OH excluding ortho intramolecular Hbond substituents is 1. The second kappa shape index (κ2) is 8.36. The third-order valence-corrected chi connectivity index (χ3v) is 5.83. The van der Waals surface area contributed by atoms with Crippen molar-refractivity contribution >= 4 is 28.5 Å². The van der Waals surface area contributed by atoms with Gasteiger partial charge in [0.1, 0.15) is 11.3 Å². The molecule has 6 nitrogen and oxygen atoms in total. The van der Waals surface area contributed by atoms with Gasteiger partial charge in [-0.05, 0) is 62.6 Å². The third kappa shape index (κ3) is 3.93. The van der Waals surface area contributed by atoms with Crippen LogP contribution in [0.15, 0.2) is 45.6 Å². The summed E-state index contributed by atoms with van der Waals surface area (Å²) in [6, 6.07) is 9.20. The van der Waals surface area contributed by atoms with Gasteiger partial charge in [0.25, 0.3) is 5.91 Å². The van der Waals surface area contributed by atoms with E-state index < -0.39 is 6.04 Å². The minimum atomic E-state index is -0.658. The van der Waals surface area contributed by atoms with Crippen LogP contribution >= 0.6 is 11.6 Å². The summed E-state index contributed by atoms with van der Waals surface area (Å²) in [5.74, 6) is -0.248. The Morgan fingerprint density at radius 1 is 1.23 bits per heavy atom. The van der Waals surface area contributed by atoms with Crippen molar-refractivity contribution in [2.45, 2.75) is 39.3 Å². The highest BCUT2D eigenvalue weighted by molar-refractivity contribution is 6.32. The van der Waals surface area contributed by atoms with Gasteiger partial charge in [-0.1, -0.05) is 23.7 Å². The molecule has 0 saturated carbocycles. The zero-order valence-corrected chi connectivity index (χ0v) is 18.4. The van der Waals surface area contributed by atoms with Crippen molar-refractivity contribution in [3.63, 3.8) is 0 Å². The molecule has 1 N–H and O–H groups in total. The highest BCUT2D eigenvalue weighted by atomic mass is 35.5. The van der Waals surface area contributed by atoms with Crippen LogP contribution in [-0.4, -0.2) is 35.2 Å². The lowest BCUT2D eigenvalue weighted by Crippen LogP contribution is -2.31. The minimum absolute atomic E-state index is 0.0392. The van der Waals surface area contributed by atoms with Crippen molar-refractivity contribution in [2.75, 3.05) is 13.2 Å². The van der Waals surface area contributed by atoms with Crippen molar-refractivity contribution in [1.82, 2.24) is 4.90 Å². The second-order valence-electron chi connectivity index (χ2n) is 8.04. The molecule has 0 unspecified atom stereocenters. The summed E-state index contributed by atoms with van der Waals surface area (Å²) in [4.78, 5) is 28.4. The van der Waals surface area contributed by atoms with Crippen molar-refractivity contribution in [1.29, 1.82) is 0 Å². The molecule has 162 valence electrons. The maximum atomic E-state index is 13.5. The molecule has 0 radical (unpaired) electrons. The van der Waals surface area contributed by atoms with E-state index in [1.54, 1.807) is 41.3 Å². The lowest BCUT2D eigenvalue weighted by atomic mass is 9.98. The summed E-state index contributed by atoms with van der Waals surface area (Å²) >= 11 is 6.25. The van der Waals surface area contributed by atoms with Gasteiger partial charge in [0.2, 0.25) is 5.76 Å². The van der Waals surface area contributed by atoms with E-state index in [9.17, 15) is 14.7 Å². The molecule has 0 saturated heterocycles. The fraction of sp³-hybridized carbons (Fsp3) is 0.333. The van der Waals surface area contributed by atoms with Gasteiger partial charge in [-0.25, -0.2) is 0 Å². The Hall–Kier alpha value is -2.83. The molecule has 1 atom stereocenters. The average molecular weight is 442 g/mol. The predicted molar refractivity (Wildman–Crippen MR) is 119 cm³/mol. The van der Waals surface area contributed by atoms with E-state index in [2.05, 4.69) is 0 Å². The Morgan fingerprint density at radius 3 is 2.71 bits per heavy atom. The molecule has 31 heavy (non-hydrogen) atoms. The van der Waals surface area contributed by atoms with Crippen molar-refractivity contribution in [3.05, 3.63) is 74.1 Å². The van der Waals surface area contributed by atoms with Crippen LogP contribution in [0.25, 0.3) is 11.0 Å². The maximum absolute atomic E-state index is 13.5. The van der Waals surface area contributed by atoms with Crippen molar-refractivity contribution in [2.24, 2.45) is 0 Å². The number of rotatable bonds is 6. The van der Waals surface area contributed by atoms with Gasteiger partial charge >= 0.3 is 0 Å². The number of ether oxygens (including phenoxy) is 1.